The first kappa shape index (κ1) is 22.5. The van der Waals surface area contributed by atoms with E-state index in [0.717, 1.165) is 0 Å². The van der Waals surface area contributed by atoms with E-state index in [2.05, 4.69) is 5.32 Å². The second-order valence-electron chi connectivity index (χ2n) is 7.73. The molecule has 0 bridgehead atoms. The van der Waals surface area contributed by atoms with Crippen LogP contribution in [-0.4, -0.2) is 37.1 Å². The van der Waals surface area contributed by atoms with Crippen molar-refractivity contribution in [2.75, 3.05) is 25.1 Å². The van der Waals surface area contributed by atoms with Crippen molar-refractivity contribution in [3.63, 3.8) is 0 Å². The molecule has 2 aromatic carbocycles. The molecule has 7 nitrogen and oxygen atoms in total. The van der Waals surface area contributed by atoms with Gasteiger partial charge in [-0.2, -0.15) is 0 Å². The molecule has 1 aliphatic heterocycles. The van der Waals surface area contributed by atoms with Crippen LogP contribution in [0.1, 0.15) is 61.8 Å². The Kier molecular flexibility index (Phi) is 6.73. The number of hydrogen-bond donors (Lipinski definition) is 1. The lowest BCUT2D eigenvalue weighted by atomic mass is 9.93. The van der Waals surface area contributed by atoms with Crippen molar-refractivity contribution < 1.29 is 28.5 Å². The Labute approximate surface area is 182 Å². The van der Waals surface area contributed by atoms with Gasteiger partial charge in [0.25, 0.3) is 5.91 Å². The minimum absolute atomic E-state index is 0.0133. The number of carbonyl (C=O) groups is 2. The Morgan fingerprint density at radius 1 is 1.00 bits per heavy atom. The minimum atomic E-state index is -0.539. The van der Waals surface area contributed by atoms with Crippen LogP contribution in [0.15, 0.2) is 30.3 Å². The monoisotopic (exact) mass is 427 g/mol. The quantitative estimate of drug-likeness (QED) is 0.647. The maximum absolute atomic E-state index is 13.0. The van der Waals surface area contributed by atoms with E-state index in [4.69, 9.17) is 18.9 Å². The summed E-state index contributed by atoms with van der Waals surface area (Å²) in [6, 6.07) is 8.32. The predicted molar refractivity (Wildman–Crippen MR) is 118 cm³/mol. The maximum Gasteiger partial charge on any atom is 0.255 e. The summed E-state index contributed by atoms with van der Waals surface area (Å²) in [6.07, 6.45) is 0.283. The number of hydrogen-bond acceptors (Lipinski definition) is 6. The molecular formula is C24H29NO6. The molecule has 1 amide bonds. The first-order valence-electron chi connectivity index (χ1n) is 10.5. The lowest BCUT2D eigenvalue weighted by Crippen LogP contribution is -2.35. The number of Topliss-reactive ketones (excluding diaryl/α,β-unsaturated/α-hetero) is 1. The summed E-state index contributed by atoms with van der Waals surface area (Å²) >= 11 is 0. The number of amides is 1. The van der Waals surface area contributed by atoms with Gasteiger partial charge in [-0.15, -0.1) is 0 Å². The smallest absolute Gasteiger partial charge is 0.255 e. The highest BCUT2D eigenvalue weighted by molar-refractivity contribution is 6.07. The van der Waals surface area contributed by atoms with Gasteiger partial charge in [0.1, 0.15) is 11.4 Å². The summed E-state index contributed by atoms with van der Waals surface area (Å²) in [5, 5.41) is 2.84. The zero-order chi connectivity index (χ0) is 22.6. The highest BCUT2D eigenvalue weighted by Crippen LogP contribution is 2.39. The Balaban J connectivity index is 1.89. The van der Waals surface area contributed by atoms with Gasteiger partial charge >= 0.3 is 0 Å². The van der Waals surface area contributed by atoms with Crippen LogP contribution in [-0.2, 0) is 0 Å². The number of ketones is 1. The average Bonchev–Trinajstić information content (AvgIpc) is 2.70. The molecule has 166 valence electrons. The zero-order valence-corrected chi connectivity index (χ0v) is 18.7. The van der Waals surface area contributed by atoms with E-state index >= 15 is 0 Å². The van der Waals surface area contributed by atoms with E-state index in [1.807, 2.05) is 34.6 Å². The van der Waals surface area contributed by atoms with Gasteiger partial charge < -0.3 is 24.3 Å². The van der Waals surface area contributed by atoms with Crippen LogP contribution in [0.25, 0.3) is 0 Å². The van der Waals surface area contributed by atoms with Crippen molar-refractivity contribution >= 4 is 17.4 Å². The lowest BCUT2D eigenvalue weighted by molar-refractivity contribution is 0.0620. The van der Waals surface area contributed by atoms with Crippen LogP contribution in [0.3, 0.4) is 0 Å². The lowest BCUT2D eigenvalue weighted by Gasteiger charge is -2.31. The van der Waals surface area contributed by atoms with Crippen LogP contribution >= 0.6 is 0 Å². The summed E-state index contributed by atoms with van der Waals surface area (Å²) in [5.74, 6) is 1.52. The SMILES string of the molecule is CCOc1cc(C(=O)Nc2ccc3c(c2)C(=O)CC(C)(C)O3)cc(OCC)c1OCC. The number of ether oxygens (including phenoxy) is 4. The zero-order valence-electron chi connectivity index (χ0n) is 18.7. The summed E-state index contributed by atoms with van der Waals surface area (Å²) in [7, 11) is 0. The highest BCUT2D eigenvalue weighted by Gasteiger charge is 2.32. The van der Waals surface area contributed by atoms with Gasteiger partial charge in [-0.1, -0.05) is 0 Å². The van der Waals surface area contributed by atoms with E-state index < -0.39 is 5.60 Å². The molecule has 3 rings (SSSR count). The molecule has 0 fully saturated rings. The van der Waals surface area contributed by atoms with Gasteiger partial charge in [-0.3, -0.25) is 9.59 Å². The molecule has 2 aromatic rings. The van der Waals surface area contributed by atoms with E-state index in [0.29, 0.717) is 59.6 Å². The van der Waals surface area contributed by atoms with Gasteiger partial charge in [-0.25, -0.2) is 0 Å². The van der Waals surface area contributed by atoms with Crippen molar-refractivity contribution in [2.45, 2.75) is 46.6 Å². The number of rotatable bonds is 8. The molecule has 0 aliphatic carbocycles. The van der Waals surface area contributed by atoms with Crippen LogP contribution in [0, 0.1) is 0 Å². The summed E-state index contributed by atoms with van der Waals surface area (Å²) in [4.78, 5) is 25.5. The third kappa shape index (κ3) is 5.10. The number of anilines is 1. The number of fused-ring (bicyclic) bond motifs is 1. The van der Waals surface area contributed by atoms with Gasteiger partial charge in [0, 0.05) is 11.3 Å². The van der Waals surface area contributed by atoms with Crippen LogP contribution in [0.2, 0.25) is 0 Å². The molecule has 1 aliphatic rings. The van der Waals surface area contributed by atoms with Crippen molar-refractivity contribution in [1.82, 2.24) is 0 Å². The molecule has 31 heavy (non-hydrogen) atoms. The summed E-state index contributed by atoms with van der Waals surface area (Å²) in [6.45, 7) is 10.6. The fourth-order valence-electron chi connectivity index (χ4n) is 3.45. The summed E-state index contributed by atoms with van der Waals surface area (Å²) in [5.41, 5.74) is 0.790. The third-order valence-corrected chi connectivity index (χ3v) is 4.68. The Morgan fingerprint density at radius 2 is 1.61 bits per heavy atom. The number of carbonyl (C=O) groups excluding carboxylic acids is 2. The predicted octanol–water partition coefficient (Wildman–Crippen LogP) is 4.88. The molecule has 0 unspecified atom stereocenters. The first-order chi connectivity index (χ1) is 14.8. The molecule has 0 saturated heterocycles. The van der Waals surface area contributed by atoms with Gasteiger partial charge in [0.05, 0.1) is 31.8 Å². The molecular weight excluding hydrogens is 398 g/mol. The normalized spacial score (nSPS) is 14.3. The van der Waals surface area contributed by atoms with Crippen LogP contribution in [0.5, 0.6) is 23.0 Å². The maximum atomic E-state index is 13.0. The second-order valence-corrected chi connectivity index (χ2v) is 7.73. The van der Waals surface area contributed by atoms with E-state index in [9.17, 15) is 9.59 Å². The van der Waals surface area contributed by atoms with Gasteiger partial charge in [0.15, 0.2) is 17.3 Å². The highest BCUT2D eigenvalue weighted by atomic mass is 16.5. The topological polar surface area (TPSA) is 83.1 Å². The molecule has 1 N–H and O–H groups in total. The van der Waals surface area contributed by atoms with E-state index in [1.54, 1.807) is 30.3 Å². The number of nitrogens with one attached hydrogen (secondary N) is 1. The molecule has 7 heteroatoms. The van der Waals surface area contributed by atoms with Crippen molar-refractivity contribution in [3.05, 3.63) is 41.5 Å². The molecule has 1 heterocycles. The van der Waals surface area contributed by atoms with E-state index in [1.165, 1.54) is 0 Å². The summed E-state index contributed by atoms with van der Waals surface area (Å²) < 4.78 is 22.9. The van der Waals surface area contributed by atoms with Crippen molar-refractivity contribution in [3.8, 4) is 23.0 Å². The fraction of sp³-hybridized carbons (Fsp3) is 0.417. The minimum Gasteiger partial charge on any atom is -0.490 e. The van der Waals surface area contributed by atoms with Gasteiger partial charge in [0.2, 0.25) is 5.75 Å². The Hall–Kier alpha value is -3.22. The fourth-order valence-corrected chi connectivity index (χ4v) is 3.45. The molecule has 0 atom stereocenters. The van der Waals surface area contributed by atoms with E-state index in [-0.39, 0.29) is 18.1 Å². The number of benzene rings is 2. The average molecular weight is 427 g/mol. The van der Waals surface area contributed by atoms with Crippen molar-refractivity contribution in [2.24, 2.45) is 0 Å². The van der Waals surface area contributed by atoms with Crippen LogP contribution < -0.4 is 24.3 Å². The standard InChI is InChI=1S/C24H29NO6/c1-6-28-20-11-15(12-21(29-7-2)22(20)30-8-3)23(27)25-16-9-10-19-17(13-16)18(26)14-24(4,5)31-19/h9-13H,6-8,14H2,1-5H3,(H,25,27). The Bertz CT molecular complexity index is 955. The van der Waals surface area contributed by atoms with Gasteiger partial charge in [-0.05, 0) is 65.0 Å². The largest absolute Gasteiger partial charge is 0.490 e. The molecule has 0 radical (unpaired) electrons. The Morgan fingerprint density at radius 3 is 2.19 bits per heavy atom. The first-order valence-corrected chi connectivity index (χ1v) is 10.5. The third-order valence-electron chi connectivity index (χ3n) is 4.68. The molecule has 0 spiro atoms. The molecule has 0 aromatic heterocycles. The van der Waals surface area contributed by atoms with Crippen LogP contribution in [0.4, 0.5) is 5.69 Å². The van der Waals surface area contributed by atoms with Crippen molar-refractivity contribution in [1.29, 1.82) is 0 Å². The second kappa shape index (κ2) is 9.29. The molecule has 0 saturated carbocycles.